The molecule has 2 N–H and O–H groups in total. The highest BCUT2D eigenvalue weighted by Gasteiger charge is 2.13. The van der Waals surface area contributed by atoms with Crippen LogP contribution in [0.5, 0.6) is 5.75 Å². The van der Waals surface area contributed by atoms with E-state index in [4.69, 9.17) is 11.6 Å². The van der Waals surface area contributed by atoms with Crippen molar-refractivity contribution in [3.63, 3.8) is 0 Å². The smallest absolute Gasteiger partial charge is 0.255 e. The molecule has 3 nitrogen and oxygen atoms in total. The number of phenols is 1. The van der Waals surface area contributed by atoms with E-state index >= 15 is 0 Å². The molecule has 1 unspecified atom stereocenters. The number of hydrogen-bond donors (Lipinski definition) is 2. The lowest BCUT2D eigenvalue weighted by atomic mass is 10.1. The van der Waals surface area contributed by atoms with Crippen LogP contribution >= 0.6 is 11.6 Å². The first-order valence-electron chi connectivity index (χ1n) is 5.77. The van der Waals surface area contributed by atoms with Crippen LogP contribution in [0.15, 0.2) is 18.2 Å². The molecule has 0 aliphatic carbocycles. The summed E-state index contributed by atoms with van der Waals surface area (Å²) in [4.78, 5) is 11.8. The van der Waals surface area contributed by atoms with Crippen molar-refractivity contribution in [2.24, 2.45) is 0 Å². The number of aryl methyl sites for hydroxylation is 1. The second-order valence-electron chi connectivity index (χ2n) is 4.07. The second kappa shape index (κ2) is 6.50. The van der Waals surface area contributed by atoms with Crippen molar-refractivity contribution in [3.8, 4) is 5.75 Å². The van der Waals surface area contributed by atoms with E-state index in [0.29, 0.717) is 17.7 Å². The number of hydrogen-bond acceptors (Lipinski definition) is 2. The van der Waals surface area contributed by atoms with E-state index in [9.17, 15) is 9.90 Å². The fourth-order valence-electron chi connectivity index (χ4n) is 1.56. The summed E-state index contributed by atoms with van der Waals surface area (Å²) in [5.41, 5.74) is 0.985. The molecule has 1 rings (SSSR count). The van der Waals surface area contributed by atoms with Gasteiger partial charge in [0.15, 0.2) is 0 Å². The van der Waals surface area contributed by atoms with Gasteiger partial charge in [0.2, 0.25) is 0 Å². The molecular formula is C13H18ClNO2. The van der Waals surface area contributed by atoms with Gasteiger partial charge in [-0.2, -0.15) is 0 Å². The van der Waals surface area contributed by atoms with E-state index in [0.717, 1.165) is 12.8 Å². The highest BCUT2D eigenvalue weighted by atomic mass is 35.5. The molecule has 0 bridgehead atoms. The first-order chi connectivity index (χ1) is 8.06. The van der Waals surface area contributed by atoms with Crippen molar-refractivity contribution in [3.05, 3.63) is 29.3 Å². The Morgan fingerprint density at radius 1 is 1.53 bits per heavy atom. The van der Waals surface area contributed by atoms with E-state index in [1.165, 1.54) is 0 Å². The molecular weight excluding hydrogens is 238 g/mol. The highest BCUT2D eigenvalue weighted by Crippen LogP contribution is 2.21. The minimum Gasteiger partial charge on any atom is -0.507 e. The van der Waals surface area contributed by atoms with Crippen molar-refractivity contribution in [2.75, 3.05) is 6.54 Å². The van der Waals surface area contributed by atoms with Gasteiger partial charge in [-0.25, -0.2) is 0 Å². The van der Waals surface area contributed by atoms with Gasteiger partial charge in [0.25, 0.3) is 5.91 Å². The number of para-hydroxylation sites is 1. The van der Waals surface area contributed by atoms with Gasteiger partial charge in [-0.05, 0) is 25.0 Å². The summed E-state index contributed by atoms with van der Waals surface area (Å²) < 4.78 is 0. The molecule has 0 heterocycles. The van der Waals surface area contributed by atoms with Crippen molar-refractivity contribution < 1.29 is 9.90 Å². The Hall–Kier alpha value is -1.22. The molecule has 4 heteroatoms. The third kappa shape index (κ3) is 3.93. The molecule has 0 saturated carbocycles. The second-order valence-corrected chi connectivity index (χ2v) is 4.68. The van der Waals surface area contributed by atoms with Gasteiger partial charge >= 0.3 is 0 Å². The number of phenolic OH excluding ortho intramolecular Hbond substituents is 1. The Morgan fingerprint density at radius 3 is 2.88 bits per heavy atom. The third-order valence-electron chi connectivity index (χ3n) is 2.57. The van der Waals surface area contributed by atoms with Gasteiger partial charge in [-0.15, -0.1) is 11.6 Å². The summed E-state index contributed by atoms with van der Waals surface area (Å²) in [7, 11) is 0. The van der Waals surface area contributed by atoms with Crippen LogP contribution in [0.25, 0.3) is 0 Å². The van der Waals surface area contributed by atoms with Gasteiger partial charge in [-0.1, -0.05) is 25.5 Å². The van der Waals surface area contributed by atoms with Crippen LogP contribution in [0, 0.1) is 6.92 Å². The maximum absolute atomic E-state index is 11.8. The molecule has 0 aliphatic rings. The van der Waals surface area contributed by atoms with Gasteiger partial charge < -0.3 is 10.4 Å². The maximum Gasteiger partial charge on any atom is 0.255 e. The number of halogens is 1. The van der Waals surface area contributed by atoms with E-state index < -0.39 is 0 Å². The van der Waals surface area contributed by atoms with Gasteiger partial charge in [0.1, 0.15) is 5.75 Å². The Morgan fingerprint density at radius 2 is 2.24 bits per heavy atom. The van der Waals surface area contributed by atoms with Gasteiger partial charge in [0.05, 0.1) is 10.9 Å². The van der Waals surface area contributed by atoms with Crippen molar-refractivity contribution in [1.82, 2.24) is 5.32 Å². The molecule has 1 aromatic rings. The maximum atomic E-state index is 11.8. The number of benzene rings is 1. The molecule has 0 aliphatic heterocycles. The molecule has 1 atom stereocenters. The van der Waals surface area contributed by atoms with Crippen molar-refractivity contribution in [1.29, 1.82) is 0 Å². The summed E-state index contributed by atoms with van der Waals surface area (Å²) >= 11 is 6.01. The van der Waals surface area contributed by atoms with Crippen LogP contribution in [0.1, 0.15) is 35.7 Å². The van der Waals surface area contributed by atoms with Crippen LogP contribution in [-0.4, -0.2) is 22.9 Å². The summed E-state index contributed by atoms with van der Waals surface area (Å²) in [6.45, 7) is 4.22. The quantitative estimate of drug-likeness (QED) is 0.795. The molecule has 1 amide bonds. The SMILES string of the molecule is CCCC(Cl)CNC(=O)c1cccc(C)c1O. The number of carbonyl (C=O) groups is 1. The Labute approximate surface area is 107 Å². The number of nitrogens with one attached hydrogen (secondary N) is 1. The number of aromatic hydroxyl groups is 1. The molecule has 0 radical (unpaired) electrons. The molecule has 0 saturated heterocycles. The Kier molecular flexibility index (Phi) is 5.29. The lowest BCUT2D eigenvalue weighted by Crippen LogP contribution is -2.29. The largest absolute Gasteiger partial charge is 0.507 e. The van der Waals surface area contributed by atoms with Crippen LogP contribution in [0.4, 0.5) is 0 Å². The lowest BCUT2D eigenvalue weighted by molar-refractivity contribution is 0.0950. The summed E-state index contributed by atoms with van der Waals surface area (Å²) in [6.07, 6.45) is 1.85. The van der Waals surface area contributed by atoms with Gasteiger partial charge in [0, 0.05) is 6.54 Å². The molecule has 0 aromatic heterocycles. The average Bonchev–Trinajstić information content (AvgIpc) is 2.30. The number of rotatable bonds is 5. The number of carbonyl (C=O) groups excluding carboxylic acids is 1. The average molecular weight is 256 g/mol. The standard InChI is InChI=1S/C13H18ClNO2/c1-3-5-10(14)8-15-13(17)11-7-4-6-9(2)12(11)16/h4,6-7,10,16H,3,5,8H2,1-2H3,(H,15,17). The molecule has 1 aromatic carbocycles. The minimum atomic E-state index is -0.284. The van der Waals surface area contributed by atoms with E-state index in [1.54, 1.807) is 25.1 Å². The van der Waals surface area contributed by atoms with Crippen LogP contribution in [-0.2, 0) is 0 Å². The summed E-state index contributed by atoms with van der Waals surface area (Å²) in [6, 6.07) is 5.10. The Bertz CT molecular complexity index is 393. The molecule has 0 spiro atoms. The number of alkyl halides is 1. The van der Waals surface area contributed by atoms with Crippen molar-refractivity contribution >= 4 is 17.5 Å². The van der Waals surface area contributed by atoms with E-state index in [2.05, 4.69) is 5.32 Å². The third-order valence-corrected chi connectivity index (χ3v) is 2.94. The predicted octanol–water partition coefficient (Wildman–Crippen LogP) is 2.84. The first kappa shape index (κ1) is 13.8. The van der Waals surface area contributed by atoms with Crippen LogP contribution < -0.4 is 5.32 Å². The molecule has 17 heavy (non-hydrogen) atoms. The first-order valence-corrected chi connectivity index (χ1v) is 6.20. The lowest BCUT2D eigenvalue weighted by Gasteiger charge is -2.11. The predicted molar refractivity (Wildman–Crippen MR) is 69.7 cm³/mol. The zero-order valence-corrected chi connectivity index (χ0v) is 10.9. The zero-order chi connectivity index (χ0) is 12.8. The van der Waals surface area contributed by atoms with E-state index in [-0.39, 0.29) is 17.0 Å². The summed E-state index contributed by atoms with van der Waals surface area (Å²) in [5.74, 6) is -0.250. The highest BCUT2D eigenvalue weighted by molar-refractivity contribution is 6.20. The molecule has 94 valence electrons. The fourth-order valence-corrected chi connectivity index (χ4v) is 1.85. The summed E-state index contributed by atoms with van der Waals surface area (Å²) in [5, 5.41) is 12.4. The van der Waals surface area contributed by atoms with Gasteiger partial charge in [-0.3, -0.25) is 4.79 Å². The van der Waals surface area contributed by atoms with Crippen molar-refractivity contribution in [2.45, 2.75) is 32.1 Å². The Balaban J connectivity index is 2.61. The topological polar surface area (TPSA) is 49.3 Å². The number of amides is 1. The van der Waals surface area contributed by atoms with E-state index in [1.807, 2.05) is 6.92 Å². The minimum absolute atomic E-state index is 0.0339. The normalized spacial score (nSPS) is 12.2. The fraction of sp³-hybridized carbons (Fsp3) is 0.462. The monoisotopic (exact) mass is 255 g/mol. The zero-order valence-electron chi connectivity index (χ0n) is 10.2. The van der Waals surface area contributed by atoms with Crippen LogP contribution in [0.3, 0.4) is 0 Å². The molecule has 0 fully saturated rings. The van der Waals surface area contributed by atoms with Crippen LogP contribution in [0.2, 0.25) is 0 Å².